The summed E-state index contributed by atoms with van der Waals surface area (Å²) in [6.07, 6.45) is 5.15. The summed E-state index contributed by atoms with van der Waals surface area (Å²) in [6, 6.07) is 4.31. The molecule has 2 heterocycles. The number of hydrogen-bond donors (Lipinski definition) is 1. The molecule has 3 rings (SSSR count). The van der Waals surface area contributed by atoms with Gasteiger partial charge in [0.05, 0.1) is 18.6 Å². The van der Waals surface area contributed by atoms with Gasteiger partial charge in [-0.15, -0.1) is 11.3 Å². The highest BCUT2D eigenvalue weighted by Gasteiger charge is 2.50. The van der Waals surface area contributed by atoms with E-state index in [1.807, 2.05) is 11.3 Å². The summed E-state index contributed by atoms with van der Waals surface area (Å²) in [7, 11) is 0. The Morgan fingerprint density at radius 2 is 2.50 bits per heavy atom. The topological polar surface area (TPSA) is 41.6 Å². The van der Waals surface area contributed by atoms with Crippen molar-refractivity contribution in [1.82, 2.24) is 4.90 Å². The fraction of sp³-hybridized carbons (Fsp3) is 0.643. The summed E-state index contributed by atoms with van der Waals surface area (Å²) in [6.45, 7) is 4.14. The lowest BCUT2D eigenvalue weighted by Gasteiger charge is -2.40. The van der Waals surface area contributed by atoms with Crippen molar-refractivity contribution >= 4 is 17.3 Å². The van der Waals surface area contributed by atoms with Crippen LogP contribution in [0.15, 0.2) is 22.5 Å². The van der Waals surface area contributed by atoms with Crippen molar-refractivity contribution in [3.8, 4) is 0 Å². The molecule has 1 aliphatic carbocycles. The molecule has 4 heteroatoms. The molecule has 0 radical (unpaired) electrons. The van der Waals surface area contributed by atoms with Crippen LogP contribution >= 0.6 is 11.3 Å². The Labute approximate surface area is 113 Å². The maximum Gasteiger partial charge on any atom is 0.192 e. The molecule has 3 nitrogen and oxygen atoms in total. The molecule has 0 aromatic carbocycles. The highest BCUT2D eigenvalue weighted by atomic mass is 32.1. The van der Waals surface area contributed by atoms with Crippen LogP contribution in [0.3, 0.4) is 0 Å². The minimum atomic E-state index is 0.225. The smallest absolute Gasteiger partial charge is 0.192 e. The second-order valence-electron chi connectivity index (χ2n) is 5.44. The molecule has 2 N–H and O–H groups in total. The minimum absolute atomic E-state index is 0.225. The normalized spacial score (nSPS) is 31.3. The van der Waals surface area contributed by atoms with Gasteiger partial charge in [0.25, 0.3) is 0 Å². The van der Waals surface area contributed by atoms with Crippen LogP contribution in [0, 0.1) is 5.92 Å². The van der Waals surface area contributed by atoms with E-state index in [0.717, 1.165) is 25.0 Å². The third-order valence-electron chi connectivity index (χ3n) is 4.64. The molecule has 2 atom stereocenters. The highest BCUT2D eigenvalue weighted by Crippen LogP contribution is 2.45. The number of nitrogens with zero attached hydrogens (tertiary/aromatic N) is 2. The maximum atomic E-state index is 6.15. The predicted molar refractivity (Wildman–Crippen MR) is 76.7 cm³/mol. The number of hydrogen-bond acceptors (Lipinski definition) is 4. The maximum absolute atomic E-state index is 6.15. The molecule has 2 aliphatic rings. The summed E-state index contributed by atoms with van der Waals surface area (Å²) in [4.78, 5) is 8.33. The van der Waals surface area contributed by atoms with Crippen LogP contribution in [0.25, 0.3) is 0 Å². The van der Waals surface area contributed by atoms with Crippen LogP contribution in [-0.4, -0.2) is 22.9 Å². The monoisotopic (exact) mass is 263 g/mol. The lowest BCUT2D eigenvalue weighted by atomic mass is 9.84. The molecule has 1 aromatic heterocycles. The van der Waals surface area contributed by atoms with E-state index in [9.17, 15) is 0 Å². The predicted octanol–water partition coefficient (Wildman–Crippen LogP) is 2.83. The van der Waals surface area contributed by atoms with Crippen LogP contribution < -0.4 is 5.73 Å². The number of guanidine groups is 1. The summed E-state index contributed by atoms with van der Waals surface area (Å²) < 4.78 is 0. The Morgan fingerprint density at radius 1 is 1.61 bits per heavy atom. The van der Waals surface area contributed by atoms with Gasteiger partial charge < -0.3 is 10.6 Å². The van der Waals surface area contributed by atoms with Crippen LogP contribution in [0.5, 0.6) is 0 Å². The summed E-state index contributed by atoms with van der Waals surface area (Å²) >= 11 is 1.81. The summed E-state index contributed by atoms with van der Waals surface area (Å²) in [5.74, 6) is 1.51. The fourth-order valence-electron chi connectivity index (χ4n) is 3.69. The zero-order valence-electron chi connectivity index (χ0n) is 10.9. The summed E-state index contributed by atoms with van der Waals surface area (Å²) in [5.41, 5.74) is 6.37. The van der Waals surface area contributed by atoms with Crippen molar-refractivity contribution < 1.29 is 0 Å². The molecule has 18 heavy (non-hydrogen) atoms. The van der Waals surface area contributed by atoms with Gasteiger partial charge in [-0.3, -0.25) is 4.99 Å². The van der Waals surface area contributed by atoms with Crippen molar-refractivity contribution in [3.05, 3.63) is 22.4 Å². The quantitative estimate of drug-likeness (QED) is 0.911. The van der Waals surface area contributed by atoms with Gasteiger partial charge in [0.2, 0.25) is 0 Å². The van der Waals surface area contributed by atoms with E-state index < -0.39 is 0 Å². The third kappa shape index (κ3) is 1.74. The first-order valence-electron chi connectivity index (χ1n) is 6.86. The van der Waals surface area contributed by atoms with Gasteiger partial charge in [-0.2, -0.15) is 0 Å². The third-order valence-corrected chi connectivity index (χ3v) is 5.50. The lowest BCUT2D eigenvalue weighted by Crippen LogP contribution is -2.53. The van der Waals surface area contributed by atoms with Crippen molar-refractivity contribution in [2.75, 3.05) is 6.54 Å². The minimum Gasteiger partial charge on any atom is -0.370 e. The Balaban J connectivity index is 1.86. The van der Waals surface area contributed by atoms with E-state index >= 15 is 0 Å². The molecular weight excluding hydrogens is 242 g/mol. The second kappa shape index (κ2) is 4.57. The van der Waals surface area contributed by atoms with Crippen LogP contribution in [0.1, 0.15) is 37.5 Å². The van der Waals surface area contributed by atoms with Crippen LogP contribution in [0.2, 0.25) is 0 Å². The Kier molecular flexibility index (Phi) is 3.06. The number of aliphatic imine (C=N–C) groups is 1. The second-order valence-corrected chi connectivity index (χ2v) is 6.47. The first-order valence-corrected chi connectivity index (χ1v) is 7.74. The zero-order valence-corrected chi connectivity index (χ0v) is 11.7. The van der Waals surface area contributed by atoms with Crippen molar-refractivity contribution in [3.63, 3.8) is 0 Å². The van der Waals surface area contributed by atoms with Gasteiger partial charge in [-0.1, -0.05) is 25.8 Å². The molecule has 1 fully saturated rings. The molecule has 1 aliphatic heterocycles. The Hall–Kier alpha value is -1.03. The molecule has 0 amide bonds. The van der Waals surface area contributed by atoms with Crippen LogP contribution in [0.4, 0.5) is 0 Å². The average Bonchev–Trinajstić information content (AvgIpc) is 3.07. The van der Waals surface area contributed by atoms with E-state index in [1.54, 1.807) is 0 Å². The van der Waals surface area contributed by atoms with Gasteiger partial charge in [-0.25, -0.2) is 0 Å². The fourth-order valence-corrected chi connectivity index (χ4v) is 4.38. The average molecular weight is 263 g/mol. The van der Waals surface area contributed by atoms with Crippen LogP contribution in [-0.2, 0) is 6.54 Å². The standard InChI is InChI=1S/C14H21N3S/c1-2-11-5-3-7-14(11)10-16-13(15)17(14)9-12-6-4-8-18-12/h4,6,8,11H,2-3,5,7,9-10H2,1H3,(H2,15,16). The first-order chi connectivity index (χ1) is 8.76. The van der Waals surface area contributed by atoms with E-state index in [0.29, 0.717) is 0 Å². The largest absolute Gasteiger partial charge is 0.370 e. The number of rotatable bonds is 3. The highest BCUT2D eigenvalue weighted by molar-refractivity contribution is 7.09. The van der Waals surface area contributed by atoms with Crippen molar-refractivity contribution in [2.24, 2.45) is 16.6 Å². The summed E-state index contributed by atoms with van der Waals surface area (Å²) in [5, 5.41) is 2.14. The number of thiophene rings is 1. The van der Waals surface area contributed by atoms with Crippen molar-refractivity contribution in [2.45, 2.75) is 44.7 Å². The Morgan fingerprint density at radius 3 is 3.22 bits per heavy atom. The van der Waals surface area contributed by atoms with E-state index in [-0.39, 0.29) is 5.54 Å². The molecule has 98 valence electrons. The van der Waals surface area contributed by atoms with Gasteiger partial charge in [0.1, 0.15) is 0 Å². The molecule has 1 spiro atoms. The van der Waals surface area contributed by atoms with Gasteiger partial charge in [0, 0.05) is 4.88 Å². The van der Waals surface area contributed by atoms with E-state index in [4.69, 9.17) is 5.73 Å². The molecule has 0 bridgehead atoms. The molecule has 2 unspecified atom stereocenters. The zero-order chi connectivity index (χ0) is 12.6. The van der Waals surface area contributed by atoms with E-state index in [2.05, 4.69) is 34.3 Å². The van der Waals surface area contributed by atoms with Gasteiger partial charge in [0.15, 0.2) is 5.96 Å². The molecular formula is C14H21N3S. The van der Waals surface area contributed by atoms with E-state index in [1.165, 1.54) is 30.6 Å². The van der Waals surface area contributed by atoms with Gasteiger partial charge >= 0.3 is 0 Å². The number of nitrogens with two attached hydrogens (primary N) is 1. The molecule has 1 saturated carbocycles. The van der Waals surface area contributed by atoms with Gasteiger partial charge in [-0.05, 0) is 30.2 Å². The Bertz CT molecular complexity index is 440. The SMILES string of the molecule is CCC1CCCC12CN=C(N)N2Cc1cccs1. The first kappa shape index (κ1) is 12.0. The lowest BCUT2D eigenvalue weighted by molar-refractivity contribution is 0.138. The van der Waals surface area contributed by atoms with Crippen molar-refractivity contribution in [1.29, 1.82) is 0 Å². The molecule has 0 saturated heterocycles. The molecule has 1 aromatic rings.